The van der Waals surface area contributed by atoms with Gasteiger partial charge in [-0.25, -0.2) is 0 Å². The normalized spacial score (nSPS) is 31.0. The van der Waals surface area contributed by atoms with Gasteiger partial charge in [0.15, 0.2) is 0 Å². The van der Waals surface area contributed by atoms with Gasteiger partial charge in [0, 0.05) is 16.7 Å². The van der Waals surface area contributed by atoms with E-state index in [1.807, 2.05) is 0 Å². The summed E-state index contributed by atoms with van der Waals surface area (Å²) in [5.41, 5.74) is 0.774. The van der Waals surface area contributed by atoms with Gasteiger partial charge in [-0.1, -0.05) is 0 Å². The Hall–Kier alpha value is -0.670. The Bertz CT molecular complexity index is 527. The fourth-order valence-electron chi connectivity index (χ4n) is 4.03. The monoisotopic (exact) mass is 292 g/mol. The first-order chi connectivity index (χ1) is 9.30. The molecule has 0 aromatic carbocycles. The van der Waals surface area contributed by atoms with Crippen LogP contribution in [-0.4, -0.2) is 17.0 Å². The van der Waals surface area contributed by atoms with E-state index in [2.05, 4.69) is 39.1 Å². The van der Waals surface area contributed by atoms with Gasteiger partial charge >= 0.3 is 0 Å². The standard InChI is InChI=1S/C17H24O2S/c1-16(2)10-13(17(3,4)19-16)15(18)12-6-5-7-14-11(12)8-9-20-14/h8-9,12-13H,5-7,10H2,1-4H3. The molecule has 1 aliphatic heterocycles. The van der Waals surface area contributed by atoms with Gasteiger partial charge in [0.05, 0.1) is 11.2 Å². The van der Waals surface area contributed by atoms with Gasteiger partial charge in [-0.3, -0.25) is 4.79 Å². The average molecular weight is 292 g/mol. The minimum absolute atomic E-state index is 0.0216. The number of carbonyl (C=O) groups excluding carboxylic acids is 1. The van der Waals surface area contributed by atoms with Crippen LogP contribution in [0.2, 0.25) is 0 Å². The van der Waals surface area contributed by atoms with Crippen LogP contribution in [0.5, 0.6) is 0 Å². The van der Waals surface area contributed by atoms with Gasteiger partial charge in [0.1, 0.15) is 5.78 Å². The second kappa shape index (κ2) is 4.67. The van der Waals surface area contributed by atoms with Crippen molar-refractivity contribution in [1.29, 1.82) is 0 Å². The maximum atomic E-state index is 13.1. The number of carbonyl (C=O) groups is 1. The first kappa shape index (κ1) is 14.3. The molecular weight excluding hydrogens is 268 g/mol. The third-order valence-corrected chi connectivity index (χ3v) is 5.81. The summed E-state index contributed by atoms with van der Waals surface area (Å²) in [7, 11) is 0. The van der Waals surface area contributed by atoms with Crippen LogP contribution >= 0.6 is 11.3 Å². The number of ether oxygens (including phenoxy) is 1. The summed E-state index contributed by atoms with van der Waals surface area (Å²) >= 11 is 1.81. The van der Waals surface area contributed by atoms with E-state index >= 15 is 0 Å². The topological polar surface area (TPSA) is 26.3 Å². The van der Waals surface area contributed by atoms with Crippen LogP contribution in [0.4, 0.5) is 0 Å². The summed E-state index contributed by atoms with van der Waals surface area (Å²) in [6.45, 7) is 8.33. The molecule has 2 unspecified atom stereocenters. The molecule has 2 nitrogen and oxygen atoms in total. The Kier molecular flexibility index (Phi) is 3.33. The van der Waals surface area contributed by atoms with Crippen molar-refractivity contribution in [2.45, 2.75) is 70.5 Å². The molecule has 0 amide bonds. The van der Waals surface area contributed by atoms with E-state index in [1.165, 1.54) is 10.4 Å². The zero-order chi connectivity index (χ0) is 14.5. The quantitative estimate of drug-likeness (QED) is 0.811. The van der Waals surface area contributed by atoms with E-state index in [4.69, 9.17) is 4.74 Å². The van der Waals surface area contributed by atoms with Gasteiger partial charge < -0.3 is 4.74 Å². The number of Topliss-reactive ketones (excluding diaryl/α,β-unsaturated/α-hetero) is 1. The molecule has 0 bridgehead atoms. The fraction of sp³-hybridized carbons (Fsp3) is 0.706. The number of rotatable bonds is 2. The van der Waals surface area contributed by atoms with E-state index in [-0.39, 0.29) is 23.0 Å². The predicted molar refractivity (Wildman–Crippen MR) is 82.4 cm³/mol. The van der Waals surface area contributed by atoms with Crippen LogP contribution in [0.1, 0.15) is 63.3 Å². The molecular formula is C17H24O2S. The van der Waals surface area contributed by atoms with Crippen LogP contribution < -0.4 is 0 Å². The van der Waals surface area contributed by atoms with E-state index in [1.54, 1.807) is 11.3 Å². The van der Waals surface area contributed by atoms with Gasteiger partial charge in [-0.15, -0.1) is 11.3 Å². The highest BCUT2D eigenvalue weighted by atomic mass is 32.1. The minimum Gasteiger partial charge on any atom is -0.369 e. The number of fused-ring (bicyclic) bond motifs is 1. The summed E-state index contributed by atoms with van der Waals surface area (Å²) in [6.07, 6.45) is 4.14. The Morgan fingerprint density at radius 2 is 2.10 bits per heavy atom. The largest absolute Gasteiger partial charge is 0.369 e. The molecule has 1 saturated heterocycles. The van der Waals surface area contributed by atoms with Crippen molar-refractivity contribution in [3.8, 4) is 0 Å². The molecule has 1 fully saturated rings. The summed E-state index contributed by atoms with van der Waals surface area (Å²) < 4.78 is 6.11. The Labute approximate surface area is 125 Å². The molecule has 20 heavy (non-hydrogen) atoms. The molecule has 0 saturated carbocycles. The summed E-state index contributed by atoms with van der Waals surface area (Å²) in [4.78, 5) is 14.5. The molecule has 2 heterocycles. The SMILES string of the molecule is CC1(C)CC(C(=O)C2CCCc3sccc32)C(C)(C)O1. The number of thiophene rings is 1. The first-order valence-corrected chi connectivity index (χ1v) is 8.48. The number of ketones is 1. The van der Waals surface area contributed by atoms with Crippen molar-refractivity contribution in [3.05, 3.63) is 21.9 Å². The highest BCUT2D eigenvalue weighted by Gasteiger charge is 2.50. The predicted octanol–water partition coefficient (Wildman–Crippen LogP) is 4.33. The van der Waals surface area contributed by atoms with E-state index < -0.39 is 0 Å². The molecule has 3 rings (SSSR count). The van der Waals surface area contributed by atoms with Crippen LogP contribution in [-0.2, 0) is 16.0 Å². The fourth-order valence-corrected chi connectivity index (χ4v) is 5.02. The first-order valence-electron chi connectivity index (χ1n) is 7.60. The van der Waals surface area contributed by atoms with Gasteiger partial charge in [0.2, 0.25) is 0 Å². The van der Waals surface area contributed by atoms with Gasteiger partial charge in [-0.2, -0.15) is 0 Å². The highest BCUT2D eigenvalue weighted by molar-refractivity contribution is 7.10. The lowest BCUT2D eigenvalue weighted by molar-refractivity contribution is -0.131. The smallest absolute Gasteiger partial charge is 0.146 e. The molecule has 1 aromatic rings. The minimum atomic E-state index is -0.339. The van der Waals surface area contributed by atoms with Gasteiger partial charge in [-0.05, 0) is 70.4 Å². The maximum absolute atomic E-state index is 13.1. The van der Waals surface area contributed by atoms with Crippen LogP contribution in [0.3, 0.4) is 0 Å². The third-order valence-electron chi connectivity index (χ3n) is 4.81. The maximum Gasteiger partial charge on any atom is 0.146 e. The van der Waals surface area contributed by atoms with Crippen LogP contribution in [0.25, 0.3) is 0 Å². The Morgan fingerprint density at radius 3 is 2.75 bits per heavy atom. The molecule has 0 N–H and O–H groups in total. The van der Waals surface area contributed by atoms with E-state index in [0.29, 0.717) is 5.78 Å². The molecule has 2 atom stereocenters. The number of hydrogen-bond donors (Lipinski definition) is 0. The van der Waals surface area contributed by atoms with E-state index in [0.717, 1.165) is 25.7 Å². The van der Waals surface area contributed by atoms with Crippen molar-refractivity contribution >= 4 is 17.1 Å². The molecule has 0 spiro atoms. The average Bonchev–Trinajstić information content (AvgIpc) is 2.89. The highest BCUT2D eigenvalue weighted by Crippen LogP contribution is 2.46. The Balaban J connectivity index is 1.88. The molecule has 1 aliphatic carbocycles. The second-order valence-corrected chi connectivity index (χ2v) is 8.37. The van der Waals surface area contributed by atoms with Crippen molar-refractivity contribution in [2.75, 3.05) is 0 Å². The lowest BCUT2D eigenvalue weighted by Gasteiger charge is -2.30. The zero-order valence-electron chi connectivity index (χ0n) is 12.9. The van der Waals surface area contributed by atoms with Crippen molar-refractivity contribution in [1.82, 2.24) is 0 Å². The second-order valence-electron chi connectivity index (χ2n) is 7.37. The molecule has 3 heteroatoms. The number of aryl methyl sites for hydroxylation is 1. The summed E-state index contributed by atoms with van der Waals surface area (Å²) in [5.74, 6) is 0.528. The molecule has 110 valence electrons. The van der Waals surface area contributed by atoms with Crippen LogP contribution in [0, 0.1) is 5.92 Å². The molecule has 2 aliphatic rings. The zero-order valence-corrected chi connectivity index (χ0v) is 13.7. The summed E-state index contributed by atoms with van der Waals surface area (Å²) in [5, 5.41) is 2.14. The summed E-state index contributed by atoms with van der Waals surface area (Å²) in [6, 6.07) is 2.16. The number of hydrogen-bond acceptors (Lipinski definition) is 3. The third kappa shape index (κ3) is 2.35. The molecule has 0 radical (unpaired) electrons. The molecule has 1 aromatic heterocycles. The van der Waals surface area contributed by atoms with E-state index in [9.17, 15) is 4.79 Å². The lowest BCUT2D eigenvalue weighted by atomic mass is 9.74. The van der Waals surface area contributed by atoms with Crippen molar-refractivity contribution in [2.24, 2.45) is 5.92 Å². The lowest BCUT2D eigenvalue weighted by Crippen LogP contribution is -2.36. The van der Waals surface area contributed by atoms with Gasteiger partial charge in [0.25, 0.3) is 0 Å². The van der Waals surface area contributed by atoms with Crippen LogP contribution in [0.15, 0.2) is 11.4 Å². The van der Waals surface area contributed by atoms with Crippen molar-refractivity contribution in [3.63, 3.8) is 0 Å². The van der Waals surface area contributed by atoms with Crippen molar-refractivity contribution < 1.29 is 9.53 Å². The Morgan fingerprint density at radius 1 is 1.35 bits per heavy atom.